The molecule has 0 aliphatic carbocycles. The maximum atomic E-state index is 13.6. The highest BCUT2D eigenvalue weighted by Gasteiger charge is 2.42. The number of alkyl halides is 3. The molecule has 30 heavy (non-hydrogen) atoms. The van der Waals surface area contributed by atoms with Crippen LogP contribution in [0.25, 0.3) is 16.2 Å². The molecule has 0 unspecified atom stereocenters. The Bertz CT molecular complexity index is 1240. The number of hydrogen-bond donors (Lipinski definition) is 1. The molecular weight excluding hydrogens is 443 g/mol. The lowest BCUT2D eigenvalue weighted by Crippen LogP contribution is -2.41. The summed E-state index contributed by atoms with van der Waals surface area (Å²) in [5.41, 5.74) is -1.36. The predicted octanol–water partition coefficient (Wildman–Crippen LogP) is 3.18. The van der Waals surface area contributed by atoms with Gasteiger partial charge in [0.25, 0.3) is 0 Å². The molecule has 12 heteroatoms. The molecule has 1 N–H and O–H groups in total. The van der Waals surface area contributed by atoms with Gasteiger partial charge in [-0.3, -0.25) is 0 Å². The SMILES string of the molecule is Cc1nc2sc(C(C)(C)O)nn2c1-c1ccc(C(F)(F)F)c(S(=O)(=O)C2COC2)c1. The predicted molar refractivity (Wildman–Crippen MR) is 103 cm³/mol. The van der Waals surface area contributed by atoms with Crippen molar-refractivity contribution in [3.8, 4) is 11.3 Å². The topological polar surface area (TPSA) is 93.8 Å². The highest BCUT2D eigenvalue weighted by atomic mass is 32.2. The first-order valence-electron chi connectivity index (χ1n) is 8.92. The third-order valence-corrected chi connectivity index (χ3v) is 8.14. The van der Waals surface area contributed by atoms with Crippen LogP contribution in [-0.2, 0) is 26.4 Å². The molecule has 1 fully saturated rings. The Hall–Kier alpha value is -2.02. The first-order chi connectivity index (χ1) is 13.8. The molecule has 1 aliphatic rings. The Balaban J connectivity index is 1.93. The maximum Gasteiger partial charge on any atom is 0.417 e. The zero-order chi connectivity index (χ0) is 22.1. The molecule has 7 nitrogen and oxygen atoms in total. The van der Waals surface area contributed by atoms with Gasteiger partial charge in [-0.1, -0.05) is 17.4 Å². The van der Waals surface area contributed by atoms with Crippen LogP contribution in [0.5, 0.6) is 0 Å². The summed E-state index contributed by atoms with van der Waals surface area (Å²) in [6.07, 6.45) is -4.83. The second-order valence-corrected chi connectivity index (χ2v) is 10.8. The number of halogens is 3. The average Bonchev–Trinajstić information content (AvgIpc) is 3.07. The van der Waals surface area contributed by atoms with Crippen LogP contribution in [0, 0.1) is 6.92 Å². The summed E-state index contributed by atoms with van der Waals surface area (Å²) in [4.78, 5) is 4.02. The third-order valence-electron chi connectivity index (χ3n) is 4.81. The van der Waals surface area contributed by atoms with Crippen molar-refractivity contribution in [3.05, 3.63) is 34.5 Å². The molecule has 0 bridgehead atoms. The average molecular weight is 461 g/mol. The number of ether oxygens (including phenoxy) is 1. The van der Waals surface area contributed by atoms with Crippen molar-refractivity contribution in [1.29, 1.82) is 0 Å². The number of imidazole rings is 1. The van der Waals surface area contributed by atoms with E-state index in [0.717, 1.165) is 23.5 Å². The van der Waals surface area contributed by atoms with E-state index < -0.39 is 37.3 Å². The molecule has 0 spiro atoms. The minimum Gasteiger partial charge on any atom is -0.383 e. The van der Waals surface area contributed by atoms with Gasteiger partial charge in [0.05, 0.1) is 35.1 Å². The van der Waals surface area contributed by atoms with E-state index in [1.807, 2.05) is 0 Å². The fourth-order valence-corrected chi connectivity index (χ4v) is 5.78. The number of aromatic nitrogens is 3. The van der Waals surface area contributed by atoms with E-state index in [4.69, 9.17) is 4.74 Å². The molecule has 4 rings (SSSR count). The van der Waals surface area contributed by atoms with Crippen molar-refractivity contribution >= 4 is 26.1 Å². The maximum absolute atomic E-state index is 13.6. The Kier molecular flexibility index (Phi) is 4.77. The summed E-state index contributed by atoms with van der Waals surface area (Å²) in [6, 6.07) is 3.00. The van der Waals surface area contributed by atoms with Gasteiger partial charge < -0.3 is 9.84 Å². The Morgan fingerprint density at radius 1 is 1.27 bits per heavy atom. The summed E-state index contributed by atoms with van der Waals surface area (Å²) in [7, 11) is -4.25. The summed E-state index contributed by atoms with van der Waals surface area (Å²) in [6.45, 7) is 4.50. The molecule has 0 atom stereocenters. The zero-order valence-corrected chi connectivity index (χ0v) is 17.8. The van der Waals surface area contributed by atoms with Gasteiger partial charge >= 0.3 is 6.18 Å². The van der Waals surface area contributed by atoms with E-state index in [2.05, 4.69) is 10.1 Å². The van der Waals surface area contributed by atoms with Crippen molar-refractivity contribution in [2.24, 2.45) is 0 Å². The number of benzene rings is 1. The minimum atomic E-state index is -4.83. The van der Waals surface area contributed by atoms with Crippen LogP contribution >= 0.6 is 11.3 Å². The van der Waals surface area contributed by atoms with Gasteiger partial charge in [0.1, 0.15) is 15.9 Å². The molecule has 0 amide bonds. The normalized spacial score (nSPS) is 16.2. The lowest BCUT2D eigenvalue weighted by Gasteiger charge is -2.27. The number of hydrogen-bond acceptors (Lipinski definition) is 7. The molecular formula is C18H18F3N3O4S2. The third kappa shape index (κ3) is 3.41. The second kappa shape index (κ2) is 6.74. The van der Waals surface area contributed by atoms with E-state index in [-0.39, 0.29) is 18.8 Å². The summed E-state index contributed by atoms with van der Waals surface area (Å²) in [5.74, 6) is 0. The second-order valence-electron chi connectivity index (χ2n) is 7.62. The molecule has 1 aromatic carbocycles. The first-order valence-corrected chi connectivity index (χ1v) is 11.3. The van der Waals surface area contributed by atoms with Gasteiger partial charge in [-0.25, -0.2) is 17.9 Å². The van der Waals surface area contributed by atoms with E-state index in [1.165, 1.54) is 10.6 Å². The largest absolute Gasteiger partial charge is 0.417 e. The lowest BCUT2D eigenvalue weighted by atomic mass is 10.1. The number of rotatable bonds is 4. The number of aryl methyl sites for hydroxylation is 1. The van der Waals surface area contributed by atoms with Crippen molar-refractivity contribution in [2.45, 2.75) is 42.7 Å². The van der Waals surface area contributed by atoms with Gasteiger partial charge in [0, 0.05) is 5.56 Å². The standard InChI is InChI=1S/C18H18F3N3O4S2/c1-9-14(24-16(22-9)29-15(23-24)17(2,3)25)10-4-5-12(18(19,20)21)13(6-10)30(26,27)11-7-28-8-11/h4-6,11,25H,7-8H2,1-3H3. The number of nitrogens with zero attached hydrogens (tertiary/aromatic N) is 3. The van der Waals surface area contributed by atoms with Gasteiger partial charge in [-0.2, -0.15) is 18.3 Å². The van der Waals surface area contributed by atoms with E-state index in [9.17, 15) is 26.7 Å². The minimum absolute atomic E-state index is 0.138. The quantitative estimate of drug-likeness (QED) is 0.642. The van der Waals surface area contributed by atoms with Gasteiger partial charge in [0.15, 0.2) is 9.84 Å². The van der Waals surface area contributed by atoms with Crippen molar-refractivity contribution in [1.82, 2.24) is 14.6 Å². The fraction of sp³-hybridized carbons (Fsp3) is 0.444. The number of aliphatic hydroxyl groups is 1. The molecule has 3 aromatic rings. The fourth-order valence-electron chi connectivity index (χ4n) is 3.14. The number of fused-ring (bicyclic) bond motifs is 1. The van der Waals surface area contributed by atoms with E-state index >= 15 is 0 Å². The molecule has 1 aliphatic heterocycles. The molecule has 0 saturated carbocycles. The Labute approximate surface area is 174 Å². The van der Waals surface area contributed by atoms with Crippen molar-refractivity contribution in [3.63, 3.8) is 0 Å². The summed E-state index contributed by atoms with van der Waals surface area (Å²) in [5, 5.41) is 13.9. The summed E-state index contributed by atoms with van der Waals surface area (Å²) >= 11 is 1.14. The summed E-state index contributed by atoms with van der Waals surface area (Å²) < 4.78 is 72.6. The molecule has 162 valence electrons. The zero-order valence-electron chi connectivity index (χ0n) is 16.2. The van der Waals surface area contributed by atoms with E-state index in [1.54, 1.807) is 20.8 Å². The van der Waals surface area contributed by atoms with Crippen LogP contribution in [0.2, 0.25) is 0 Å². The van der Waals surface area contributed by atoms with Crippen LogP contribution in [-0.4, -0.2) is 46.6 Å². The van der Waals surface area contributed by atoms with Gasteiger partial charge in [-0.05, 0) is 32.9 Å². The van der Waals surface area contributed by atoms with Crippen LogP contribution < -0.4 is 0 Å². The number of sulfone groups is 1. The van der Waals surface area contributed by atoms with Crippen LogP contribution in [0.15, 0.2) is 23.1 Å². The smallest absolute Gasteiger partial charge is 0.383 e. The highest BCUT2D eigenvalue weighted by Crippen LogP contribution is 2.39. The Morgan fingerprint density at radius 2 is 1.93 bits per heavy atom. The van der Waals surface area contributed by atoms with Crippen molar-refractivity contribution < 1.29 is 31.4 Å². The van der Waals surface area contributed by atoms with Gasteiger partial charge in [0.2, 0.25) is 4.96 Å². The molecule has 3 heterocycles. The van der Waals surface area contributed by atoms with E-state index in [0.29, 0.717) is 21.4 Å². The highest BCUT2D eigenvalue weighted by molar-refractivity contribution is 7.92. The first kappa shape index (κ1) is 21.2. The van der Waals surface area contributed by atoms with Crippen LogP contribution in [0.3, 0.4) is 0 Å². The molecule has 0 radical (unpaired) electrons. The molecule has 2 aromatic heterocycles. The monoisotopic (exact) mass is 461 g/mol. The van der Waals surface area contributed by atoms with Crippen LogP contribution in [0.4, 0.5) is 13.2 Å². The van der Waals surface area contributed by atoms with Gasteiger partial charge in [-0.15, -0.1) is 0 Å². The molecule has 1 saturated heterocycles. The lowest BCUT2D eigenvalue weighted by molar-refractivity contribution is -0.139. The van der Waals surface area contributed by atoms with Crippen molar-refractivity contribution in [2.75, 3.05) is 13.2 Å². The Morgan fingerprint density at radius 3 is 2.47 bits per heavy atom. The van der Waals surface area contributed by atoms with Crippen LogP contribution in [0.1, 0.15) is 30.1 Å².